The summed E-state index contributed by atoms with van der Waals surface area (Å²) in [5, 5.41) is 3.60. The average Bonchev–Trinajstić information content (AvgIpc) is 2.56. The zero-order valence-electron chi connectivity index (χ0n) is 13.5. The molecular formula is C19H22ClNOS. The number of halogens is 1. The maximum Gasteiger partial charge on any atom is 0.233 e. The Morgan fingerprint density at radius 1 is 1.09 bits per heavy atom. The Hall–Kier alpha value is -1.45. The third-order valence-electron chi connectivity index (χ3n) is 3.61. The monoisotopic (exact) mass is 347 g/mol. The fraction of sp³-hybridized carbons (Fsp3) is 0.316. The molecule has 0 radical (unpaired) electrons. The molecule has 2 aromatic carbocycles. The smallest absolute Gasteiger partial charge is 0.233 e. The lowest BCUT2D eigenvalue weighted by atomic mass is 10.1. The van der Waals surface area contributed by atoms with E-state index in [2.05, 4.69) is 17.4 Å². The predicted molar refractivity (Wildman–Crippen MR) is 99.1 cm³/mol. The highest BCUT2D eigenvalue weighted by molar-refractivity contribution is 8.00. The Morgan fingerprint density at radius 3 is 2.43 bits per heavy atom. The summed E-state index contributed by atoms with van der Waals surface area (Å²) < 4.78 is 0. The molecule has 4 heteroatoms. The van der Waals surface area contributed by atoms with Crippen molar-refractivity contribution in [1.82, 2.24) is 5.32 Å². The van der Waals surface area contributed by atoms with Crippen molar-refractivity contribution < 1.29 is 4.79 Å². The number of rotatable bonds is 7. The summed E-state index contributed by atoms with van der Waals surface area (Å²) in [6, 6.07) is 18.1. The minimum Gasteiger partial charge on any atom is -0.353 e. The zero-order valence-corrected chi connectivity index (χ0v) is 15.0. The van der Waals surface area contributed by atoms with Crippen molar-refractivity contribution in [2.45, 2.75) is 42.9 Å². The Bertz CT molecular complexity index is 632. The van der Waals surface area contributed by atoms with Crippen molar-refractivity contribution in [3.05, 3.63) is 65.2 Å². The van der Waals surface area contributed by atoms with Crippen LogP contribution in [0.3, 0.4) is 0 Å². The Balaban J connectivity index is 1.80. The number of thioether (sulfide) groups is 1. The summed E-state index contributed by atoms with van der Waals surface area (Å²) in [4.78, 5) is 13.2. The molecule has 0 unspecified atom stereocenters. The van der Waals surface area contributed by atoms with E-state index in [1.165, 1.54) is 17.3 Å². The molecule has 0 spiro atoms. The van der Waals surface area contributed by atoms with E-state index < -0.39 is 0 Å². The number of hydrogen-bond donors (Lipinski definition) is 1. The predicted octanol–water partition coefficient (Wildman–Crippen LogP) is 4.96. The van der Waals surface area contributed by atoms with E-state index in [-0.39, 0.29) is 17.2 Å². The van der Waals surface area contributed by atoms with E-state index in [4.69, 9.17) is 11.6 Å². The van der Waals surface area contributed by atoms with Crippen molar-refractivity contribution in [2.75, 3.05) is 0 Å². The molecule has 0 saturated carbocycles. The minimum absolute atomic E-state index is 0.0514. The molecule has 1 N–H and O–H groups in total. The van der Waals surface area contributed by atoms with E-state index in [1.807, 2.05) is 56.3 Å². The fourth-order valence-corrected chi connectivity index (χ4v) is 3.41. The first kappa shape index (κ1) is 17.9. The molecule has 0 aliphatic carbocycles. The molecule has 2 aromatic rings. The van der Waals surface area contributed by atoms with Crippen LogP contribution in [0.25, 0.3) is 0 Å². The standard InChI is InChI=1S/C19H22ClNOS/c1-14(12-13-16-8-4-3-5-9-16)21-19(22)15(2)23-18-11-7-6-10-17(18)20/h3-11,14-15H,12-13H2,1-2H3,(H,21,22)/t14-,15-/m0/s1. The summed E-state index contributed by atoms with van der Waals surface area (Å²) in [6.45, 7) is 3.96. The normalized spacial score (nSPS) is 13.3. The molecule has 1 amide bonds. The molecule has 2 nitrogen and oxygen atoms in total. The molecule has 122 valence electrons. The van der Waals surface area contributed by atoms with Gasteiger partial charge in [0.05, 0.1) is 10.3 Å². The quantitative estimate of drug-likeness (QED) is 0.717. The van der Waals surface area contributed by atoms with Gasteiger partial charge >= 0.3 is 0 Å². The van der Waals surface area contributed by atoms with Crippen molar-refractivity contribution in [3.63, 3.8) is 0 Å². The van der Waals surface area contributed by atoms with Gasteiger partial charge in [-0.25, -0.2) is 0 Å². The largest absolute Gasteiger partial charge is 0.353 e. The van der Waals surface area contributed by atoms with Crippen LogP contribution in [0, 0.1) is 0 Å². The third-order valence-corrected chi connectivity index (χ3v) is 5.23. The SMILES string of the molecule is C[C@H](Sc1ccccc1Cl)C(=O)N[C@@H](C)CCc1ccccc1. The lowest BCUT2D eigenvalue weighted by molar-refractivity contribution is -0.120. The van der Waals surface area contributed by atoms with Gasteiger partial charge in [0.2, 0.25) is 5.91 Å². The van der Waals surface area contributed by atoms with Crippen LogP contribution < -0.4 is 5.32 Å². The van der Waals surface area contributed by atoms with E-state index >= 15 is 0 Å². The van der Waals surface area contributed by atoms with E-state index in [1.54, 1.807) is 0 Å². The van der Waals surface area contributed by atoms with Crippen molar-refractivity contribution in [2.24, 2.45) is 0 Å². The highest BCUT2D eigenvalue weighted by atomic mass is 35.5. The molecule has 23 heavy (non-hydrogen) atoms. The van der Waals surface area contributed by atoms with Crippen LogP contribution in [0.5, 0.6) is 0 Å². The van der Waals surface area contributed by atoms with Gasteiger partial charge in [0.25, 0.3) is 0 Å². The third kappa shape index (κ3) is 5.92. The van der Waals surface area contributed by atoms with Crippen LogP contribution in [0.1, 0.15) is 25.8 Å². The van der Waals surface area contributed by atoms with Crippen LogP contribution in [0.4, 0.5) is 0 Å². The number of aryl methyl sites for hydroxylation is 1. The first-order valence-corrected chi connectivity index (χ1v) is 9.07. The van der Waals surface area contributed by atoms with Gasteiger partial charge in [-0.2, -0.15) is 0 Å². The lowest BCUT2D eigenvalue weighted by Crippen LogP contribution is -2.37. The number of benzene rings is 2. The molecule has 0 aromatic heterocycles. The molecule has 0 fully saturated rings. The maximum atomic E-state index is 12.3. The second-order valence-corrected chi connectivity index (χ2v) is 7.41. The zero-order chi connectivity index (χ0) is 16.7. The number of carbonyl (C=O) groups is 1. The van der Waals surface area contributed by atoms with Gasteiger partial charge in [-0.1, -0.05) is 54.1 Å². The van der Waals surface area contributed by atoms with E-state index in [0.29, 0.717) is 5.02 Å². The molecule has 0 aliphatic rings. The number of hydrogen-bond acceptors (Lipinski definition) is 2. The first-order chi connectivity index (χ1) is 11.1. The van der Waals surface area contributed by atoms with Gasteiger partial charge < -0.3 is 5.32 Å². The van der Waals surface area contributed by atoms with Gasteiger partial charge in [-0.05, 0) is 44.4 Å². The molecule has 0 heterocycles. The number of carbonyl (C=O) groups excluding carboxylic acids is 1. The molecule has 0 saturated heterocycles. The Morgan fingerprint density at radius 2 is 1.74 bits per heavy atom. The summed E-state index contributed by atoms with van der Waals surface area (Å²) in [5.74, 6) is 0.0514. The first-order valence-electron chi connectivity index (χ1n) is 7.81. The summed E-state index contributed by atoms with van der Waals surface area (Å²) in [6.07, 6.45) is 1.90. The van der Waals surface area contributed by atoms with E-state index in [0.717, 1.165) is 17.7 Å². The topological polar surface area (TPSA) is 29.1 Å². The molecule has 0 bridgehead atoms. The summed E-state index contributed by atoms with van der Waals surface area (Å²) in [5.41, 5.74) is 1.30. The molecular weight excluding hydrogens is 326 g/mol. The van der Waals surface area contributed by atoms with Crippen LogP contribution in [-0.4, -0.2) is 17.2 Å². The van der Waals surface area contributed by atoms with Gasteiger partial charge in [0.15, 0.2) is 0 Å². The van der Waals surface area contributed by atoms with Crippen molar-refractivity contribution >= 4 is 29.3 Å². The van der Waals surface area contributed by atoms with Crippen molar-refractivity contribution in [3.8, 4) is 0 Å². The van der Waals surface area contributed by atoms with Gasteiger partial charge in [-0.3, -0.25) is 4.79 Å². The van der Waals surface area contributed by atoms with Crippen molar-refractivity contribution in [1.29, 1.82) is 0 Å². The number of amides is 1. The highest BCUT2D eigenvalue weighted by Crippen LogP contribution is 2.30. The van der Waals surface area contributed by atoms with Crippen LogP contribution >= 0.6 is 23.4 Å². The second kappa shape index (κ2) is 8.99. The second-order valence-electron chi connectivity index (χ2n) is 5.62. The Labute approximate surface area is 147 Å². The van der Waals surface area contributed by atoms with Gasteiger partial charge in [0, 0.05) is 10.9 Å². The molecule has 0 aliphatic heterocycles. The van der Waals surface area contributed by atoms with Crippen LogP contribution in [-0.2, 0) is 11.2 Å². The molecule has 2 atom stereocenters. The summed E-state index contributed by atoms with van der Waals surface area (Å²) >= 11 is 7.63. The van der Waals surface area contributed by atoms with Crippen LogP contribution in [0.2, 0.25) is 5.02 Å². The number of nitrogens with one attached hydrogen (secondary N) is 1. The average molecular weight is 348 g/mol. The van der Waals surface area contributed by atoms with Gasteiger partial charge in [0.1, 0.15) is 0 Å². The Kier molecular flexibility index (Phi) is 7.00. The fourth-order valence-electron chi connectivity index (χ4n) is 2.24. The van der Waals surface area contributed by atoms with Crippen LogP contribution in [0.15, 0.2) is 59.5 Å². The minimum atomic E-state index is -0.172. The summed E-state index contributed by atoms with van der Waals surface area (Å²) in [7, 11) is 0. The molecule has 2 rings (SSSR count). The van der Waals surface area contributed by atoms with E-state index in [9.17, 15) is 4.79 Å². The highest BCUT2D eigenvalue weighted by Gasteiger charge is 2.17. The maximum absolute atomic E-state index is 12.3. The van der Waals surface area contributed by atoms with Gasteiger partial charge in [-0.15, -0.1) is 11.8 Å². The lowest BCUT2D eigenvalue weighted by Gasteiger charge is -2.18.